The number of aliphatic imine (C=N–C) groups is 1. The minimum Gasteiger partial charge on any atom is -0.343 e. The van der Waals surface area contributed by atoms with Gasteiger partial charge in [-0.1, -0.05) is 84.4 Å². The van der Waals surface area contributed by atoms with Crippen LogP contribution in [0.1, 0.15) is 36.0 Å². The van der Waals surface area contributed by atoms with Crippen LogP contribution in [0.15, 0.2) is 89.9 Å². The average molecular weight is 475 g/mol. The molecule has 1 amide bonds. The van der Waals surface area contributed by atoms with Gasteiger partial charge in [0, 0.05) is 24.5 Å². The largest absolute Gasteiger partial charge is 0.343 e. The van der Waals surface area contributed by atoms with Crippen LogP contribution in [0.2, 0.25) is 5.02 Å². The lowest BCUT2D eigenvalue weighted by atomic mass is 9.71. The third kappa shape index (κ3) is 5.66. The molecule has 3 aromatic rings. The second-order valence-electron chi connectivity index (χ2n) is 8.75. The number of nitrogens with zero attached hydrogens (tertiary/aromatic N) is 2. The Kier molecular flexibility index (Phi) is 7.99. The van der Waals surface area contributed by atoms with E-state index in [-0.39, 0.29) is 11.3 Å². The molecule has 0 saturated carbocycles. The van der Waals surface area contributed by atoms with Crippen LogP contribution >= 0.6 is 11.6 Å². The first-order valence-corrected chi connectivity index (χ1v) is 12.1. The summed E-state index contributed by atoms with van der Waals surface area (Å²) >= 11 is 6.02. The standard InChI is InChI=1S/C28H31ClN4O/c29-25-14-11-23(12-15-25)21-31-27(32-30)28(24-9-5-2-6-10-24)17-19-33(20-18-28)26(34)16-13-22-7-3-1-4-8-22/h1-12,14-15H,13,16-21,30H2,(H,31,32). The van der Waals surface area contributed by atoms with Crippen molar-refractivity contribution in [2.75, 3.05) is 13.1 Å². The molecule has 0 bridgehead atoms. The number of carbonyl (C=O) groups is 1. The van der Waals surface area contributed by atoms with Crippen molar-refractivity contribution in [3.8, 4) is 0 Å². The molecule has 3 aromatic carbocycles. The van der Waals surface area contributed by atoms with E-state index in [1.54, 1.807) is 0 Å². The van der Waals surface area contributed by atoms with Crippen molar-refractivity contribution in [1.29, 1.82) is 0 Å². The number of hydrogen-bond donors (Lipinski definition) is 2. The highest BCUT2D eigenvalue weighted by Gasteiger charge is 2.41. The molecule has 1 aliphatic heterocycles. The van der Waals surface area contributed by atoms with E-state index in [1.807, 2.05) is 65.6 Å². The van der Waals surface area contributed by atoms with Gasteiger partial charge in [0.05, 0.1) is 12.0 Å². The predicted molar refractivity (Wildman–Crippen MR) is 139 cm³/mol. The van der Waals surface area contributed by atoms with Crippen molar-refractivity contribution in [1.82, 2.24) is 10.3 Å². The smallest absolute Gasteiger partial charge is 0.222 e. The molecule has 0 spiro atoms. The van der Waals surface area contributed by atoms with Crippen LogP contribution in [0.25, 0.3) is 0 Å². The number of likely N-dealkylation sites (tertiary alicyclic amines) is 1. The first-order chi connectivity index (χ1) is 16.6. The highest BCUT2D eigenvalue weighted by molar-refractivity contribution is 6.30. The fraction of sp³-hybridized carbons (Fsp3) is 0.286. The number of halogens is 1. The third-order valence-electron chi connectivity index (χ3n) is 6.69. The van der Waals surface area contributed by atoms with Crippen molar-refractivity contribution in [3.63, 3.8) is 0 Å². The minimum absolute atomic E-state index is 0.200. The molecule has 5 nitrogen and oxygen atoms in total. The van der Waals surface area contributed by atoms with Gasteiger partial charge in [-0.05, 0) is 48.1 Å². The van der Waals surface area contributed by atoms with Gasteiger partial charge in [0.15, 0.2) is 0 Å². The molecule has 0 unspecified atom stereocenters. The zero-order valence-corrected chi connectivity index (χ0v) is 20.0. The molecule has 4 rings (SSSR count). The molecule has 6 heteroatoms. The highest BCUT2D eigenvalue weighted by Crippen LogP contribution is 2.37. The number of amidine groups is 1. The van der Waals surface area contributed by atoms with E-state index < -0.39 is 0 Å². The zero-order valence-electron chi connectivity index (χ0n) is 19.3. The van der Waals surface area contributed by atoms with Crippen LogP contribution in [-0.2, 0) is 23.2 Å². The average Bonchev–Trinajstić information content (AvgIpc) is 2.90. The van der Waals surface area contributed by atoms with Crippen molar-refractivity contribution < 1.29 is 4.79 Å². The van der Waals surface area contributed by atoms with Crippen molar-refractivity contribution in [2.24, 2.45) is 10.8 Å². The summed E-state index contributed by atoms with van der Waals surface area (Å²) < 4.78 is 0. The molecule has 176 valence electrons. The second kappa shape index (κ2) is 11.3. The Labute approximate surface area is 206 Å². The van der Waals surface area contributed by atoms with Crippen molar-refractivity contribution in [3.05, 3.63) is 107 Å². The van der Waals surface area contributed by atoms with E-state index in [4.69, 9.17) is 22.4 Å². The predicted octanol–water partition coefficient (Wildman–Crippen LogP) is 4.90. The van der Waals surface area contributed by atoms with Crippen LogP contribution in [0.3, 0.4) is 0 Å². The number of nitrogens with one attached hydrogen (secondary N) is 1. The number of benzene rings is 3. The molecule has 34 heavy (non-hydrogen) atoms. The maximum atomic E-state index is 12.9. The summed E-state index contributed by atoms with van der Waals surface area (Å²) in [4.78, 5) is 19.8. The molecule has 1 fully saturated rings. The van der Waals surface area contributed by atoms with E-state index in [9.17, 15) is 4.79 Å². The molecule has 0 aliphatic carbocycles. The van der Waals surface area contributed by atoms with Gasteiger partial charge in [-0.3, -0.25) is 9.79 Å². The van der Waals surface area contributed by atoms with Gasteiger partial charge >= 0.3 is 0 Å². The lowest BCUT2D eigenvalue weighted by molar-refractivity contribution is -0.132. The van der Waals surface area contributed by atoms with Crippen molar-refractivity contribution >= 4 is 23.3 Å². The summed E-state index contributed by atoms with van der Waals surface area (Å²) in [6.07, 6.45) is 2.81. The quantitative estimate of drug-likeness (QED) is 0.221. The Balaban J connectivity index is 1.50. The molecule has 0 radical (unpaired) electrons. The van der Waals surface area contributed by atoms with Crippen LogP contribution in [0.5, 0.6) is 0 Å². The van der Waals surface area contributed by atoms with Gasteiger partial charge in [0.25, 0.3) is 0 Å². The maximum Gasteiger partial charge on any atom is 0.222 e. The van der Waals surface area contributed by atoms with Gasteiger partial charge < -0.3 is 10.3 Å². The molecule has 0 atom stereocenters. The van der Waals surface area contributed by atoms with Gasteiger partial charge in [0.2, 0.25) is 5.91 Å². The van der Waals surface area contributed by atoms with E-state index in [1.165, 1.54) is 11.1 Å². The van der Waals surface area contributed by atoms with E-state index in [0.29, 0.717) is 31.1 Å². The van der Waals surface area contributed by atoms with E-state index in [0.717, 1.165) is 30.7 Å². The summed E-state index contributed by atoms with van der Waals surface area (Å²) in [5, 5.41) is 0.704. The van der Waals surface area contributed by atoms with Crippen LogP contribution in [0, 0.1) is 0 Å². The number of hydrogen-bond acceptors (Lipinski definition) is 3. The first kappa shape index (κ1) is 24.0. The Morgan fingerprint density at radius 1 is 0.912 bits per heavy atom. The topological polar surface area (TPSA) is 70.7 Å². The Hall–Kier alpha value is -3.15. The molecular weight excluding hydrogens is 444 g/mol. The summed E-state index contributed by atoms with van der Waals surface area (Å²) in [6.45, 7) is 1.85. The van der Waals surface area contributed by atoms with Crippen LogP contribution in [-0.4, -0.2) is 29.7 Å². The highest BCUT2D eigenvalue weighted by atomic mass is 35.5. The third-order valence-corrected chi connectivity index (χ3v) is 6.94. The van der Waals surface area contributed by atoms with Gasteiger partial charge in [-0.2, -0.15) is 0 Å². The summed E-state index contributed by atoms with van der Waals surface area (Å²) in [5.41, 5.74) is 5.96. The SMILES string of the molecule is NNC(=NCc1ccc(Cl)cc1)C1(c2ccccc2)CCN(C(=O)CCc2ccccc2)CC1. The fourth-order valence-electron chi connectivity index (χ4n) is 4.71. The van der Waals surface area contributed by atoms with E-state index >= 15 is 0 Å². The Morgan fingerprint density at radius 3 is 2.15 bits per heavy atom. The second-order valence-corrected chi connectivity index (χ2v) is 9.19. The Morgan fingerprint density at radius 2 is 1.53 bits per heavy atom. The number of piperidine rings is 1. The lowest BCUT2D eigenvalue weighted by Gasteiger charge is -2.42. The number of hydrazine groups is 1. The Bertz CT molecular complexity index is 1090. The molecule has 1 heterocycles. The number of carbonyl (C=O) groups excluding carboxylic acids is 1. The number of rotatable bonds is 7. The molecule has 1 saturated heterocycles. The maximum absolute atomic E-state index is 12.9. The summed E-state index contributed by atoms with van der Waals surface area (Å²) in [7, 11) is 0. The summed E-state index contributed by atoms with van der Waals surface area (Å²) in [5.74, 6) is 6.99. The van der Waals surface area contributed by atoms with Gasteiger partial charge in [-0.25, -0.2) is 5.84 Å². The number of amides is 1. The normalized spacial score (nSPS) is 15.7. The van der Waals surface area contributed by atoms with E-state index in [2.05, 4.69) is 29.7 Å². The molecule has 3 N–H and O–H groups in total. The fourth-order valence-corrected chi connectivity index (χ4v) is 4.83. The number of nitrogens with two attached hydrogens (primary N) is 1. The summed E-state index contributed by atoms with van der Waals surface area (Å²) in [6, 6.07) is 28.2. The minimum atomic E-state index is -0.362. The molecular formula is C28H31ClN4O. The lowest BCUT2D eigenvalue weighted by Crippen LogP contribution is -2.54. The van der Waals surface area contributed by atoms with Crippen molar-refractivity contribution in [2.45, 2.75) is 37.6 Å². The first-order valence-electron chi connectivity index (χ1n) is 11.7. The monoisotopic (exact) mass is 474 g/mol. The van der Waals surface area contributed by atoms with Crippen LogP contribution in [0.4, 0.5) is 0 Å². The van der Waals surface area contributed by atoms with Gasteiger partial charge in [0.1, 0.15) is 5.84 Å². The van der Waals surface area contributed by atoms with Gasteiger partial charge in [-0.15, -0.1) is 0 Å². The molecule has 0 aromatic heterocycles. The zero-order chi connectivity index (χ0) is 23.8. The van der Waals surface area contributed by atoms with Crippen LogP contribution < -0.4 is 11.3 Å². The molecule has 1 aliphatic rings. The number of aryl methyl sites for hydroxylation is 1.